The van der Waals surface area contributed by atoms with Gasteiger partial charge in [-0.25, -0.2) is 5.43 Å². The van der Waals surface area contributed by atoms with E-state index < -0.39 is 0 Å². The number of hydrogen-bond donors (Lipinski definition) is 1. The molecule has 5 rings (SSSR count). The van der Waals surface area contributed by atoms with Crippen molar-refractivity contribution in [3.8, 4) is 6.07 Å². The molecule has 4 aromatic carbocycles. The van der Waals surface area contributed by atoms with Crippen LogP contribution in [0.2, 0.25) is 0 Å². The second-order valence-corrected chi connectivity index (χ2v) is 8.10. The summed E-state index contributed by atoms with van der Waals surface area (Å²) in [4.78, 5) is 27.3. The molecule has 0 atom stereocenters. The number of carbonyl (C=O) groups excluding carboxylic acids is 2. The lowest BCUT2D eigenvalue weighted by Crippen LogP contribution is -2.26. The summed E-state index contributed by atoms with van der Waals surface area (Å²) in [5.74, 6) is -0.338. The van der Waals surface area contributed by atoms with Crippen molar-refractivity contribution in [2.45, 2.75) is 13.5 Å². The van der Waals surface area contributed by atoms with Crippen molar-refractivity contribution < 1.29 is 9.59 Å². The highest BCUT2D eigenvalue weighted by Crippen LogP contribution is 2.37. The Morgan fingerprint density at radius 1 is 0.941 bits per heavy atom. The number of anilines is 1. The van der Waals surface area contributed by atoms with Crippen LogP contribution in [-0.2, 0) is 6.54 Å². The summed E-state index contributed by atoms with van der Waals surface area (Å²) in [6.45, 7) is 2.21. The molecule has 164 valence electrons. The van der Waals surface area contributed by atoms with E-state index >= 15 is 0 Å². The van der Waals surface area contributed by atoms with Crippen LogP contribution in [0.5, 0.6) is 0 Å². The van der Waals surface area contributed by atoms with Gasteiger partial charge >= 0.3 is 0 Å². The van der Waals surface area contributed by atoms with Gasteiger partial charge < -0.3 is 4.90 Å². The molecule has 6 nitrogen and oxygen atoms in total. The molecule has 0 spiro atoms. The first-order valence-corrected chi connectivity index (χ1v) is 10.8. The van der Waals surface area contributed by atoms with E-state index in [1.165, 1.54) is 0 Å². The number of rotatable bonds is 5. The average molecular weight is 444 g/mol. The maximum Gasteiger partial charge on any atom is 0.271 e. The van der Waals surface area contributed by atoms with E-state index in [1.807, 2.05) is 48.5 Å². The summed E-state index contributed by atoms with van der Waals surface area (Å²) in [5, 5.41) is 15.1. The van der Waals surface area contributed by atoms with Crippen LogP contribution < -0.4 is 10.3 Å². The predicted octanol–water partition coefficient (Wildman–Crippen LogP) is 5.03. The van der Waals surface area contributed by atoms with Gasteiger partial charge in [0.2, 0.25) is 0 Å². The Labute approximate surface area is 196 Å². The summed E-state index contributed by atoms with van der Waals surface area (Å²) < 4.78 is 0. The smallest absolute Gasteiger partial charge is 0.271 e. The van der Waals surface area contributed by atoms with Gasteiger partial charge in [-0.3, -0.25) is 9.59 Å². The van der Waals surface area contributed by atoms with Gasteiger partial charge in [-0.2, -0.15) is 10.4 Å². The van der Waals surface area contributed by atoms with Crippen molar-refractivity contribution in [1.29, 1.82) is 5.26 Å². The molecular formula is C28H20N4O2. The molecular weight excluding hydrogens is 424 g/mol. The maximum absolute atomic E-state index is 13.0. The number of hydrazone groups is 1. The molecule has 0 saturated heterocycles. The summed E-state index contributed by atoms with van der Waals surface area (Å²) in [6, 6.07) is 27.9. The summed E-state index contributed by atoms with van der Waals surface area (Å²) in [5.41, 5.74) is 7.62. The second-order valence-electron chi connectivity index (χ2n) is 8.10. The number of carbonyl (C=O) groups is 2. The van der Waals surface area contributed by atoms with Crippen LogP contribution in [0.1, 0.15) is 44.3 Å². The van der Waals surface area contributed by atoms with Crippen LogP contribution >= 0.6 is 0 Å². The van der Waals surface area contributed by atoms with Crippen LogP contribution in [0.3, 0.4) is 0 Å². The Hall–Kier alpha value is -4.76. The quantitative estimate of drug-likeness (QED) is 0.346. The molecule has 1 aliphatic rings. The number of hydrogen-bond acceptors (Lipinski definition) is 4. The zero-order valence-electron chi connectivity index (χ0n) is 18.4. The number of benzene rings is 4. The van der Waals surface area contributed by atoms with E-state index in [4.69, 9.17) is 5.26 Å². The second kappa shape index (κ2) is 8.64. The van der Waals surface area contributed by atoms with Gasteiger partial charge in [-0.15, -0.1) is 0 Å². The third-order valence-electron chi connectivity index (χ3n) is 5.96. The van der Waals surface area contributed by atoms with Crippen molar-refractivity contribution in [3.05, 3.63) is 113 Å². The fraction of sp³-hybridized carbons (Fsp3) is 0.0714. The van der Waals surface area contributed by atoms with Gasteiger partial charge in [0, 0.05) is 16.5 Å². The lowest BCUT2D eigenvalue weighted by molar-refractivity contribution is 0.0953. The topological polar surface area (TPSA) is 85.6 Å². The van der Waals surface area contributed by atoms with Crippen LogP contribution in [0.25, 0.3) is 10.8 Å². The molecule has 4 aromatic rings. The number of nitrogens with one attached hydrogen (secondary N) is 1. The highest BCUT2D eigenvalue weighted by Gasteiger charge is 2.29. The predicted molar refractivity (Wildman–Crippen MR) is 132 cm³/mol. The molecule has 0 bridgehead atoms. The third-order valence-corrected chi connectivity index (χ3v) is 5.96. The van der Waals surface area contributed by atoms with E-state index in [0.717, 1.165) is 33.2 Å². The van der Waals surface area contributed by atoms with E-state index in [1.54, 1.807) is 48.2 Å². The first kappa shape index (κ1) is 21.1. The van der Waals surface area contributed by atoms with Crippen molar-refractivity contribution in [1.82, 2.24) is 5.43 Å². The van der Waals surface area contributed by atoms with E-state index in [9.17, 15) is 9.59 Å². The van der Waals surface area contributed by atoms with Crippen LogP contribution in [0, 0.1) is 11.3 Å². The van der Waals surface area contributed by atoms with Crippen LogP contribution in [0.4, 0.5) is 5.69 Å². The van der Waals surface area contributed by atoms with E-state index in [2.05, 4.69) is 16.6 Å². The molecule has 0 fully saturated rings. The normalized spacial score (nSPS) is 12.6. The minimum Gasteiger partial charge on any atom is -0.303 e. The average Bonchev–Trinajstić information content (AvgIpc) is 3.15. The minimum atomic E-state index is -0.325. The van der Waals surface area contributed by atoms with Gasteiger partial charge in [-0.1, -0.05) is 48.5 Å². The Balaban J connectivity index is 1.28. The molecule has 0 radical (unpaired) electrons. The Morgan fingerprint density at radius 3 is 2.32 bits per heavy atom. The van der Waals surface area contributed by atoms with Gasteiger partial charge in [0.25, 0.3) is 11.8 Å². The Kier molecular flexibility index (Phi) is 5.36. The fourth-order valence-electron chi connectivity index (χ4n) is 4.13. The van der Waals surface area contributed by atoms with Gasteiger partial charge in [0.05, 0.1) is 29.6 Å². The summed E-state index contributed by atoms with van der Waals surface area (Å²) in [7, 11) is 0. The molecule has 1 heterocycles. The van der Waals surface area contributed by atoms with Crippen molar-refractivity contribution in [2.24, 2.45) is 5.10 Å². The van der Waals surface area contributed by atoms with Gasteiger partial charge in [0.15, 0.2) is 0 Å². The number of nitrogens with zero attached hydrogens (tertiary/aromatic N) is 3. The van der Waals surface area contributed by atoms with Gasteiger partial charge in [0.1, 0.15) is 0 Å². The van der Waals surface area contributed by atoms with Crippen molar-refractivity contribution in [3.63, 3.8) is 0 Å². The third kappa shape index (κ3) is 3.80. The highest BCUT2D eigenvalue weighted by molar-refractivity contribution is 6.24. The standard InChI is InChI=1S/C28H20N4O2/c1-18(21-12-8-19(16-29)9-13-21)30-31-27(33)23-14-10-20(11-15-23)17-32-25-7-3-5-22-4-2-6-24(26(22)25)28(32)34/h2-15H,17H2,1H3,(H,31,33). The summed E-state index contributed by atoms with van der Waals surface area (Å²) >= 11 is 0. The molecule has 0 aromatic heterocycles. The van der Waals surface area contributed by atoms with E-state index in [-0.39, 0.29) is 11.8 Å². The Morgan fingerprint density at radius 2 is 1.62 bits per heavy atom. The largest absolute Gasteiger partial charge is 0.303 e. The summed E-state index contributed by atoms with van der Waals surface area (Å²) in [6.07, 6.45) is 0. The molecule has 1 aliphatic heterocycles. The molecule has 34 heavy (non-hydrogen) atoms. The highest BCUT2D eigenvalue weighted by atomic mass is 16.2. The maximum atomic E-state index is 13.0. The van der Waals surface area contributed by atoms with Crippen LogP contribution in [0.15, 0.2) is 90.0 Å². The zero-order valence-corrected chi connectivity index (χ0v) is 18.4. The molecule has 0 aliphatic carbocycles. The fourth-order valence-corrected chi connectivity index (χ4v) is 4.13. The lowest BCUT2D eigenvalue weighted by atomic mass is 10.1. The van der Waals surface area contributed by atoms with E-state index in [0.29, 0.717) is 23.4 Å². The van der Waals surface area contributed by atoms with Crippen LogP contribution in [-0.4, -0.2) is 17.5 Å². The monoisotopic (exact) mass is 444 g/mol. The lowest BCUT2D eigenvalue weighted by Gasteiger charge is -2.18. The Bertz CT molecular complexity index is 1490. The molecule has 1 N–H and O–H groups in total. The molecule has 2 amide bonds. The SMILES string of the molecule is CC(=NNC(=O)c1ccc(CN2C(=O)c3cccc4cccc2c34)cc1)c1ccc(C#N)cc1. The van der Waals surface area contributed by atoms with Gasteiger partial charge in [-0.05, 0) is 59.8 Å². The zero-order chi connectivity index (χ0) is 23.7. The number of amides is 2. The van der Waals surface area contributed by atoms with Crippen molar-refractivity contribution >= 4 is 34.0 Å². The first-order chi connectivity index (χ1) is 16.5. The molecule has 0 saturated carbocycles. The molecule has 0 unspecified atom stereocenters. The number of nitriles is 1. The van der Waals surface area contributed by atoms with Crippen molar-refractivity contribution in [2.75, 3.05) is 4.90 Å². The first-order valence-electron chi connectivity index (χ1n) is 10.8. The minimum absolute atomic E-state index is 0.0127. The molecule has 6 heteroatoms.